The van der Waals surface area contributed by atoms with Crippen molar-refractivity contribution in [1.29, 1.82) is 0 Å². The zero-order valence-corrected chi connectivity index (χ0v) is 20.1. The standard InChI is InChI=1S/C27H25F4NO5/c1-2-3-4-5-6-7-16-36-26-24(30)22(28)21(23(29)25(26)31)17-8-10-18(11-9-17)27(33)37-20-14-12-19(13-15-20)32(34)35/h8-15H,2-7,16H2,1H3. The monoisotopic (exact) mass is 519 g/mol. The summed E-state index contributed by atoms with van der Waals surface area (Å²) >= 11 is 0. The van der Waals surface area contributed by atoms with Gasteiger partial charge >= 0.3 is 5.97 Å². The number of nitro groups is 1. The zero-order valence-electron chi connectivity index (χ0n) is 20.1. The normalized spacial score (nSPS) is 10.8. The SMILES string of the molecule is CCCCCCCCOc1c(F)c(F)c(-c2ccc(C(=O)Oc3ccc([N+](=O)[O-])cc3)cc2)c(F)c1F. The molecule has 0 heterocycles. The Morgan fingerprint density at radius 2 is 1.38 bits per heavy atom. The maximum atomic E-state index is 14.7. The number of halogens is 4. The highest BCUT2D eigenvalue weighted by atomic mass is 19.2. The van der Waals surface area contributed by atoms with Crippen LogP contribution in [0.1, 0.15) is 55.8 Å². The number of hydrogen-bond acceptors (Lipinski definition) is 5. The summed E-state index contributed by atoms with van der Waals surface area (Å²) in [6.45, 7) is 2.00. The summed E-state index contributed by atoms with van der Waals surface area (Å²) in [4.78, 5) is 22.4. The number of nitrogens with zero attached hydrogens (tertiary/aromatic N) is 1. The van der Waals surface area contributed by atoms with Gasteiger partial charge in [0, 0.05) is 12.1 Å². The van der Waals surface area contributed by atoms with E-state index in [4.69, 9.17) is 9.47 Å². The van der Waals surface area contributed by atoms with E-state index in [1.165, 1.54) is 24.3 Å². The predicted octanol–water partition coefficient (Wildman–Crippen LogP) is 7.78. The summed E-state index contributed by atoms with van der Waals surface area (Å²) in [5.74, 6) is -8.41. The third kappa shape index (κ3) is 6.84. The van der Waals surface area contributed by atoms with E-state index in [1.54, 1.807) is 0 Å². The zero-order chi connectivity index (χ0) is 26.9. The fourth-order valence-corrected chi connectivity index (χ4v) is 3.62. The lowest BCUT2D eigenvalue weighted by Crippen LogP contribution is -2.09. The van der Waals surface area contributed by atoms with E-state index in [-0.39, 0.29) is 29.2 Å². The second kappa shape index (κ2) is 12.8. The number of non-ortho nitro benzene ring substituents is 1. The molecule has 196 valence electrons. The summed E-state index contributed by atoms with van der Waals surface area (Å²) in [5.41, 5.74) is -1.35. The Balaban J connectivity index is 1.71. The van der Waals surface area contributed by atoms with Crippen LogP contribution in [0.4, 0.5) is 23.2 Å². The van der Waals surface area contributed by atoms with E-state index < -0.39 is 45.5 Å². The lowest BCUT2D eigenvalue weighted by molar-refractivity contribution is -0.384. The highest BCUT2D eigenvalue weighted by Gasteiger charge is 2.27. The average molecular weight is 519 g/mol. The van der Waals surface area contributed by atoms with Crippen LogP contribution in [0.5, 0.6) is 11.5 Å². The van der Waals surface area contributed by atoms with Crippen molar-refractivity contribution >= 4 is 11.7 Å². The molecule has 0 saturated carbocycles. The number of carbonyl (C=O) groups is 1. The van der Waals surface area contributed by atoms with Gasteiger partial charge in [0.2, 0.25) is 11.6 Å². The first-order valence-corrected chi connectivity index (χ1v) is 11.8. The molecule has 0 aliphatic carbocycles. The lowest BCUT2D eigenvalue weighted by Gasteiger charge is -2.13. The van der Waals surface area contributed by atoms with E-state index in [9.17, 15) is 32.5 Å². The largest absolute Gasteiger partial charge is 0.487 e. The number of carbonyl (C=O) groups excluding carboxylic acids is 1. The van der Waals surface area contributed by atoms with Crippen molar-refractivity contribution in [2.75, 3.05) is 6.61 Å². The predicted molar refractivity (Wildman–Crippen MR) is 129 cm³/mol. The number of rotatable bonds is 12. The molecule has 0 atom stereocenters. The van der Waals surface area contributed by atoms with Gasteiger partial charge in [-0.3, -0.25) is 10.1 Å². The summed E-state index contributed by atoms with van der Waals surface area (Å²) in [6, 6.07) is 9.34. The van der Waals surface area contributed by atoms with Crippen molar-refractivity contribution in [2.45, 2.75) is 45.4 Å². The van der Waals surface area contributed by atoms with Crippen molar-refractivity contribution in [3.63, 3.8) is 0 Å². The Hall–Kier alpha value is -3.95. The molecule has 0 spiro atoms. The number of unbranched alkanes of at least 4 members (excludes halogenated alkanes) is 5. The minimum Gasteiger partial charge on any atom is -0.487 e. The third-order valence-corrected chi connectivity index (χ3v) is 5.63. The molecule has 0 amide bonds. The first-order valence-electron chi connectivity index (χ1n) is 11.8. The van der Waals surface area contributed by atoms with Gasteiger partial charge in [0.15, 0.2) is 17.4 Å². The number of hydrogen-bond donors (Lipinski definition) is 0. The molecule has 0 N–H and O–H groups in total. The first kappa shape index (κ1) is 27.6. The molecular weight excluding hydrogens is 494 g/mol. The third-order valence-electron chi connectivity index (χ3n) is 5.63. The molecule has 6 nitrogen and oxygen atoms in total. The van der Waals surface area contributed by atoms with Crippen LogP contribution in [-0.2, 0) is 0 Å². The molecule has 3 aromatic rings. The Morgan fingerprint density at radius 3 is 1.95 bits per heavy atom. The Bertz CT molecular complexity index is 1220. The number of esters is 1. The van der Waals surface area contributed by atoms with Crippen molar-refractivity contribution < 1.29 is 36.8 Å². The molecule has 0 unspecified atom stereocenters. The van der Waals surface area contributed by atoms with Crippen molar-refractivity contribution in [2.24, 2.45) is 0 Å². The van der Waals surface area contributed by atoms with Crippen molar-refractivity contribution in [3.05, 3.63) is 87.5 Å². The maximum absolute atomic E-state index is 14.7. The number of nitro benzene ring substituents is 1. The quantitative estimate of drug-likeness (QED) is 0.0464. The highest BCUT2D eigenvalue weighted by molar-refractivity contribution is 5.91. The molecule has 3 rings (SSSR count). The topological polar surface area (TPSA) is 78.7 Å². The molecule has 0 fully saturated rings. The number of ether oxygens (including phenoxy) is 2. The molecule has 0 radical (unpaired) electrons. The van der Waals surface area contributed by atoms with Crippen molar-refractivity contribution in [1.82, 2.24) is 0 Å². The van der Waals surface area contributed by atoms with Crippen molar-refractivity contribution in [3.8, 4) is 22.6 Å². The van der Waals surface area contributed by atoms with E-state index in [0.717, 1.165) is 56.4 Å². The minimum atomic E-state index is -1.64. The van der Waals surface area contributed by atoms with Gasteiger partial charge in [-0.15, -0.1) is 0 Å². The number of benzene rings is 3. The van der Waals surface area contributed by atoms with Gasteiger partial charge < -0.3 is 9.47 Å². The van der Waals surface area contributed by atoms with Crippen LogP contribution >= 0.6 is 0 Å². The lowest BCUT2D eigenvalue weighted by atomic mass is 10.0. The van der Waals surface area contributed by atoms with Crippen LogP contribution in [0.25, 0.3) is 11.1 Å². The summed E-state index contributed by atoms with van der Waals surface area (Å²) in [5, 5.41) is 10.7. The summed E-state index contributed by atoms with van der Waals surface area (Å²) in [7, 11) is 0. The molecule has 0 bridgehead atoms. The molecule has 10 heteroatoms. The van der Waals surface area contributed by atoms with Gasteiger partial charge in [0.05, 0.1) is 22.7 Å². The van der Waals surface area contributed by atoms with Crippen LogP contribution in [0.2, 0.25) is 0 Å². The smallest absolute Gasteiger partial charge is 0.343 e. The average Bonchev–Trinajstić information content (AvgIpc) is 2.89. The fourth-order valence-electron chi connectivity index (χ4n) is 3.62. The van der Waals surface area contributed by atoms with Crippen LogP contribution in [-0.4, -0.2) is 17.5 Å². The maximum Gasteiger partial charge on any atom is 0.343 e. The molecule has 37 heavy (non-hydrogen) atoms. The minimum absolute atomic E-state index is 0.0252. The van der Waals surface area contributed by atoms with Crippen LogP contribution in [0.3, 0.4) is 0 Å². The van der Waals surface area contributed by atoms with Gasteiger partial charge in [-0.05, 0) is 36.2 Å². The Kier molecular flexibility index (Phi) is 9.59. The first-order chi connectivity index (χ1) is 17.7. The van der Waals surface area contributed by atoms with E-state index in [2.05, 4.69) is 6.92 Å². The van der Waals surface area contributed by atoms with Gasteiger partial charge in [0.25, 0.3) is 5.69 Å². The Morgan fingerprint density at radius 1 is 0.811 bits per heavy atom. The second-order valence-electron chi connectivity index (χ2n) is 8.29. The molecular formula is C27H25F4NO5. The van der Waals surface area contributed by atoms with E-state index in [1.807, 2.05) is 0 Å². The van der Waals surface area contributed by atoms with Crippen LogP contribution < -0.4 is 9.47 Å². The summed E-state index contributed by atoms with van der Waals surface area (Å²) < 4.78 is 68.8. The Labute approximate surface area is 211 Å². The molecule has 0 aromatic heterocycles. The van der Waals surface area contributed by atoms with Gasteiger partial charge in [-0.1, -0.05) is 51.2 Å². The second-order valence-corrected chi connectivity index (χ2v) is 8.29. The fraction of sp³-hybridized carbons (Fsp3) is 0.296. The van der Waals surface area contributed by atoms with Gasteiger partial charge in [-0.25, -0.2) is 13.6 Å². The van der Waals surface area contributed by atoms with Crippen LogP contribution in [0.15, 0.2) is 48.5 Å². The van der Waals surface area contributed by atoms with Crippen LogP contribution in [0, 0.1) is 33.4 Å². The van der Waals surface area contributed by atoms with E-state index in [0.29, 0.717) is 6.42 Å². The summed E-state index contributed by atoms with van der Waals surface area (Å²) in [6.07, 6.45) is 5.39. The highest BCUT2D eigenvalue weighted by Crippen LogP contribution is 2.36. The molecule has 0 saturated heterocycles. The molecule has 3 aromatic carbocycles. The molecule has 0 aliphatic rings. The molecule has 0 aliphatic heterocycles. The van der Waals surface area contributed by atoms with Gasteiger partial charge in [-0.2, -0.15) is 8.78 Å². The van der Waals surface area contributed by atoms with Gasteiger partial charge in [0.1, 0.15) is 5.75 Å². The van der Waals surface area contributed by atoms with E-state index >= 15 is 0 Å².